The molecule has 0 radical (unpaired) electrons. The van der Waals surface area contributed by atoms with Crippen LogP contribution in [0.3, 0.4) is 0 Å². The van der Waals surface area contributed by atoms with Gasteiger partial charge in [-0.3, -0.25) is 4.90 Å². The molecule has 176 valence electrons. The van der Waals surface area contributed by atoms with Crippen LogP contribution < -0.4 is 4.90 Å². The van der Waals surface area contributed by atoms with E-state index < -0.39 is 6.10 Å². The summed E-state index contributed by atoms with van der Waals surface area (Å²) >= 11 is 0. The maximum atomic E-state index is 10.4. The summed E-state index contributed by atoms with van der Waals surface area (Å²) in [6, 6.07) is 8.70. The predicted molar refractivity (Wildman–Crippen MR) is 130 cm³/mol. The predicted octanol–water partition coefficient (Wildman–Crippen LogP) is 3.54. The van der Waals surface area contributed by atoms with E-state index in [1.54, 1.807) is 0 Å². The SMILES string of the molecule is CCc1nc(C)nc(N2CCN(CC(O)COC(C)(C)C)CC2)c1Cc1cccc(C)c1. The molecule has 1 aliphatic rings. The Kier molecular flexibility index (Phi) is 8.26. The van der Waals surface area contributed by atoms with Crippen LogP contribution in [0, 0.1) is 13.8 Å². The number of piperazine rings is 1. The summed E-state index contributed by atoms with van der Waals surface area (Å²) in [5.74, 6) is 1.91. The van der Waals surface area contributed by atoms with Crippen LogP contribution in [0.4, 0.5) is 5.82 Å². The van der Waals surface area contributed by atoms with Crippen LogP contribution in [0.5, 0.6) is 0 Å². The van der Waals surface area contributed by atoms with Crippen LogP contribution in [0.1, 0.15) is 55.9 Å². The third-order valence-electron chi connectivity index (χ3n) is 5.83. The number of aromatic nitrogens is 2. The molecule has 1 aliphatic heterocycles. The van der Waals surface area contributed by atoms with Crippen molar-refractivity contribution in [1.29, 1.82) is 0 Å². The first-order valence-electron chi connectivity index (χ1n) is 11.9. The lowest BCUT2D eigenvalue weighted by Crippen LogP contribution is -2.50. The van der Waals surface area contributed by atoms with E-state index in [4.69, 9.17) is 14.7 Å². The molecule has 32 heavy (non-hydrogen) atoms. The van der Waals surface area contributed by atoms with Crippen molar-refractivity contribution in [2.24, 2.45) is 0 Å². The molecule has 3 rings (SSSR count). The van der Waals surface area contributed by atoms with E-state index in [0.717, 1.165) is 56.4 Å². The second kappa shape index (κ2) is 10.7. The van der Waals surface area contributed by atoms with Crippen LogP contribution in [0.2, 0.25) is 0 Å². The van der Waals surface area contributed by atoms with Gasteiger partial charge in [0.2, 0.25) is 0 Å². The molecule has 0 bridgehead atoms. The lowest BCUT2D eigenvalue weighted by molar-refractivity contribution is -0.0563. The number of hydrogen-bond donors (Lipinski definition) is 1. The van der Waals surface area contributed by atoms with Crippen molar-refractivity contribution in [3.8, 4) is 0 Å². The fraction of sp³-hybridized carbons (Fsp3) is 0.615. The molecule has 1 N–H and O–H groups in total. The summed E-state index contributed by atoms with van der Waals surface area (Å²) in [6.45, 7) is 17.0. The molecule has 0 amide bonds. The maximum Gasteiger partial charge on any atom is 0.136 e. The average molecular weight is 441 g/mol. The Balaban J connectivity index is 1.70. The van der Waals surface area contributed by atoms with Gasteiger partial charge in [-0.1, -0.05) is 36.8 Å². The van der Waals surface area contributed by atoms with Crippen LogP contribution in [0.15, 0.2) is 24.3 Å². The summed E-state index contributed by atoms with van der Waals surface area (Å²) in [5.41, 5.74) is 4.74. The Labute approximate surface area is 193 Å². The number of ether oxygens (including phenoxy) is 1. The third-order valence-corrected chi connectivity index (χ3v) is 5.83. The number of nitrogens with zero attached hydrogens (tertiary/aromatic N) is 4. The molecular weight excluding hydrogens is 400 g/mol. The molecule has 2 aromatic rings. The molecule has 1 fully saturated rings. The van der Waals surface area contributed by atoms with E-state index in [-0.39, 0.29) is 5.60 Å². The van der Waals surface area contributed by atoms with Gasteiger partial charge >= 0.3 is 0 Å². The summed E-state index contributed by atoms with van der Waals surface area (Å²) in [7, 11) is 0. The molecule has 1 atom stereocenters. The van der Waals surface area contributed by atoms with Gasteiger partial charge in [-0.25, -0.2) is 9.97 Å². The zero-order valence-electron chi connectivity index (χ0n) is 20.7. The molecule has 6 nitrogen and oxygen atoms in total. The first-order valence-corrected chi connectivity index (χ1v) is 11.9. The van der Waals surface area contributed by atoms with Gasteiger partial charge in [0, 0.05) is 50.4 Å². The smallest absolute Gasteiger partial charge is 0.136 e. The van der Waals surface area contributed by atoms with Gasteiger partial charge in [-0.2, -0.15) is 0 Å². The van der Waals surface area contributed by atoms with Crippen LogP contribution in [0.25, 0.3) is 0 Å². The fourth-order valence-electron chi connectivity index (χ4n) is 4.24. The van der Waals surface area contributed by atoms with E-state index >= 15 is 0 Å². The molecule has 1 unspecified atom stereocenters. The molecule has 0 saturated carbocycles. The highest BCUT2D eigenvalue weighted by Crippen LogP contribution is 2.26. The number of benzene rings is 1. The summed E-state index contributed by atoms with van der Waals surface area (Å²) in [6.07, 6.45) is 1.28. The standard InChI is InChI=1S/C26H40N4O2/c1-7-24-23(16-21-10-8-9-19(2)15-21)25(28-20(3)27-24)30-13-11-29(12-14-30)17-22(31)18-32-26(4,5)6/h8-10,15,22,31H,7,11-14,16-18H2,1-6H3. The van der Waals surface area contributed by atoms with Gasteiger partial charge in [0.25, 0.3) is 0 Å². The van der Waals surface area contributed by atoms with Gasteiger partial charge in [-0.05, 0) is 46.6 Å². The zero-order chi connectivity index (χ0) is 23.3. The number of aliphatic hydroxyl groups is 1. The second-order valence-corrected chi connectivity index (χ2v) is 9.90. The van der Waals surface area contributed by atoms with Gasteiger partial charge < -0.3 is 14.7 Å². The lowest BCUT2D eigenvalue weighted by Gasteiger charge is -2.37. The summed E-state index contributed by atoms with van der Waals surface area (Å²) < 4.78 is 5.74. The second-order valence-electron chi connectivity index (χ2n) is 9.90. The van der Waals surface area contributed by atoms with Crippen LogP contribution in [-0.4, -0.2) is 71.0 Å². The van der Waals surface area contributed by atoms with Crippen molar-refractivity contribution in [1.82, 2.24) is 14.9 Å². The van der Waals surface area contributed by atoms with E-state index in [2.05, 4.69) is 47.9 Å². The van der Waals surface area contributed by atoms with Crippen molar-refractivity contribution in [2.75, 3.05) is 44.2 Å². The summed E-state index contributed by atoms with van der Waals surface area (Å²) in [4.78, 5) is 14.4. The van der Waals surface area contributed by atoms with E-state index in [1.807, 2.05) is 27.7 Å². The minimum Gasteiger partial charge on any atom is -0.389 e. The van der Waals surface area contributed by atoms with Crippen molar-refractivity contribution in [2.45, 2.75) is 66.1 Å². The fourth-order valence-corrected chi connectivity index (χ4v) is 4.24. The Hall–Kier alpha value is -2.02. The number of β-amino-alcohol motifs (C(OH)–C–C–N with tert-alkyl or cyclic N) is 1. The number of aryl methyl sites for hydroxylation is 3. The average Bonchev–Trinajstić information content (AvgIpc) is 2.73. The molecule has 0 aliphatic carbocycles. The van der Waals surface area contributed by atoms with Gasteiger partial charge in [0.15, 0.2) is 0 Å². The van der Waals surface area contributed by atoms with Crippen molar-refractivity contribution >= 4 is 5.82 Å². The van der Waals surface area contributed by atoms with Crippen molar-refractivity contribution in [3.05, 3.63) is 52.5 Å². The van der Waals surface area contributed by atoms with Crippen LogP contribution >= 0.6 is 0 Å². The quantitative estimate of drug-likeness (QED) is 0.677. The molecule has 1 aromatic carbocycles. The third kappa shape index (κ3) is 6.99. The molecule has 0 spiro atoms. The summed E-state index contributed by atoms with van der Waals surface area (Å²) in [5, 5.41) is 10.4. The van der Waals surface area contributed by atoms with E-state index in [9.17, 15) is 5.11 Å². The zero-order valence-corrected chi connectivity index (χ0v) is 20.7. The number of aliphatic hydroxyl groups excluding tert-OH is 1. The lowest BCUT2D eigenvalue weighted by atomic mass is 10.0. The van der Waals surface area contributed by atoms with E-state index in [0.29, 0.717) is 13.2 Å². The molecule has 1 saturated heterocycles. The van der Waals surface area contributed by atoms with Gasteiger partial charge in [-0.15, -0.1) is 0 Å². The van der Waals surface area contributed by atoms with Gasteiger partial charge in [0.05, 0.1) is 18.3 Å². The number of anilines is 1. The molecular formula is C26H40N4O2. The Morgan fingerprint density at radius 2 is 1.81 bits per heavy atom. The highest BCUT2D eigenvalue weighted by Gasteiger charge is 2.24. The minimum atomic E-state index is -0.467. The first kappa shape index (κ1) is 24.6. The van der Waals surface area contributed by atoms with Crippen molar-refractivity contribution < 1.29 is 9.84 Å². The minimum absolute atomic E-state index is 0.227. The van der Waals surface area contributed by atoms with Crippen molar-refractivity contribution in [3.63, 3.8) is 0 Å². The normalized spacial score (nSPS) is 16.4. The topological polar surface area (TPSA) is 61.7 Å². The Morgan fingerprint density at radius 1 is 1.09 bits per heavy atom. The largest absolute Gasteiger partial charge is 0.389 e. The highest BCUT2D eigenvalue weighted by atomic mass is 16.5. The van der Waals surface area contributed by atoms with Crippen LogP contribution in [-0.2, 0) is 17.6 Å². The van der Waals surface area contributed by atoms with Gasteiger partial charge in [0.1, 0.15) is 11.6 Å². The highest BCUT2D eigenvalue weighted by molar-refractivity contribution is 5.52. The molecule has 2 heterocycles. The molecule has 6 heteroatoms. The maximum absolute atomic E-state index is 10.4. The van der Waals surface area contributed by atoms with E-state index in [1.165, 1.54) is 16.7 Å². The number of rotatable bonds is 8. The Bertz CT molecular complexity index is 886. The first-order chi connectivity index (χ1) is 15.1. The Morgan fingerprint density at radius 3 is 2.44 bits per heavy atom. The molecule has 1 aromatic heterocycles. The monoisotopic (exact) mass is 440 g/mol. The number of hydrogen-bond acceptors (Lipinski definition) is 6.